The zero-order valence-electron chi connectivity index (χ0n) is 29.2. The van der Waals surface area contributed by atoms with E-state index in [2.05, 4.69) is 89.9 Å². The highest BCUT2D eigenvalue weighted by Gasteiger charge is 2.15. The average Bonchev–Trinajstić information content (AvgIpc) is 3.27. The molecule has 254 valence electrons. The lowest BCUT2D eigenvalue weighted by Gasteiger charge is -2.13. The maximum atomic E-state index is 5.06. The van der Waals surface area contributed by atoms with Gasteiger partial charge in [0.1, 0.15) is 0 Å². The molecule has 0 spiro atoms. The quantitative estimate of drug-likeness (QED) is 0.158. The lowest BCUT2D eigenvalue weighted by atomic mass is 9.94. The highest BCUT2D eigenvalue weighted by Crippen LogP contribution is 2.36. The third-order valence-corrected chi connectivity index (χ3v) is 9.27. The van der Waals surface area contributed by atoms with E-state index in [0.29, 0.717) is 17.5 Å². The fourth-order valence-electron chi connectivity index (χ4n) is 6.57. The molecule has 0 radical (unpaired) electrons. The summed E-state index contributed by atoms with van der Waals surface area (Å²) in [6, 6.07) is 61.5. The summed E-state index contributed by atoms with van der Waals surface area (Å²) in [5.41, 5.74) is 12.4. The largest absolute Gasteiger partial charge is 0.255 e. The Balaban J connectivity index is 1.08. The Morgan fingerprint density at radius 1 is 0.241 bits per heavy atom. The highest BCUT2D eigenvalue weighted by atomic mass is 15.0. The minimum absolute atomic E-state index is 0.622. The summed E-state index contributed by atoms with van der Waals surface area (Å²) in [4.78, 5) is 29.1. The van der Waals surface area contributed by atoms with Crippen molar-refractivity contribution >= 4 is 0 Å². The molecule has 6 heteroatoms. The molecule has 0 amide bonds. The van der Waals surface area contributed by atoms with Gasteiger partial charge in [0, 0.05) is 29.1 Å². The first-order valence-electron chi connectivity index (χ1n) is 17.8. The molecule has 54 heavy (non-hydrogen) atoms. The van der Waals surface area contributed by atoms with E-state index in [9.17, 15) is 0 Å². The van der Waals surface area contributed by atoms with Gasteiger partial charge in [-0.15, -0.1) is 0 Å². The molecule has 9 aromatic rings. The van der Waals surface area contributed by atoms with Gasteiger partial charge in [-0.1, -0.05) is 146 Å². The van der Waals surface area contributed by atoms with E-state index < -0.39 is 0 Å². The Morgan fingerprint density at radius 2 is 0.685 bits per heavy atom. The second-order valence-corrected chi connectivity index (χ2v) is 12.8. The Labute approximate surface area is 313 Å². The smallest absolute Gasteiger partial charge is 0.164 e. The van der Waals surface area contributed by atoms with E-state index in [1.54, 1.807) is 6.20 Å². The van der Waals surface area contributed by atoms with Crippen molar-refractivity contribution in [1.29, 1.82) is 0 Å². The van der Waals surface area contributed by atoms with Gasteiger partial charge in [0.25, 0.3) is 0 Å². The summed E-state index contributed by atoms with van der Waals surface area (Å²) in [5, 5.41) is 0. The van der Waals surface area contributed by atoms with Crippen LogP contribution in [0.4, 0.5) is 0 Å². The van der Waals surface area contributed by atoms with Gasteiger partial charge in [-0.05, 0) is 69.8 Å². The van der Waals surface area contributed by atoms with Crippen LogP contribution in [-0.2, 0) is 0 Å². The zero-order chi connectivity index (χ0) is 36.1. The van der Waals surface area contributed by atoms with Crippen LogP contribution in [-0.4, -0.2) is 29.9 Å². The Hall–Kier alpha value is -7.44. The second kappa shape index (κ2) is 14.7. The van der Waals surface area contributed by atoms with Crippen molar-refractivity contribution in [3.8, 4) is 90.3 Å². The monoisotopic (exact) mass is 692 g/mol. The van der Waals surface area contributed by atoms with E-state index in [1.807, 2.05) is 103 Å². The van der Waals surface area contributed by atoms with Crippen molar-refractivity contribution in [2.75, 3.05) is 0 Å². The van der Waals surface area contributed by atoms with Crippen LogP contribution in [0.5, 0.6) is 0 Å². The van der Waals surface area contributed by atoms with Crippen LogP contribution in [0, 0.1) is 0 Å². The molecule has 0 saturated heterocycles. The molecule has 0 N–H and O–H groups in total. The van der Waals surface area contributed by atoms with Crippen molar-refractivity contribution < 1.29 is 0 Å². The first kappa shape index (κ1) is 32.5. The molecule has 0 saturated carbocycles. The van der Waals surface area contributed by atoms with Gasteiger partial charge < -0.3 is 0 Å². The van der Waals surface area contributed by atoms with Gasteiger partial charge in [0.05, 0.1) is 22.8 Å². The predicted octanol–water partition coefficient (Wildman–Crippen LogP) is 11.4. The standard InChI is InChI=1S/C48H32N6/c1-4-14-33(15-5-1)39-31-44(42-22-12-13-28-49-42)51-45(32-39)43-30-38(27-29-50-43)41-21-11-10-20-40(41)34-23-25-37(26-24-34)48-53-46(35-16-6-2-7-17-35)52-47(54-48)36-18-8-3-9-19-36/h1-32H. The lowest BCUT2D eigenvalue weighted by Crippen LogP contribution is -2.00. The van der Waals surface area contributed by atoms with Crippen LogP contribution in [0.25, 0.3) is 90.3 Å². The van der Waals surface area contributed by atoms with Gasteiger partial charge >= 0.3 is 0 Å². The molecule has 4 heterocycles. The van der Waals surface area contributed by atoms with Gasteiger partial charge in [0.2, 0.25) is 0 Å². The Bertz CT molecular complexity index is 2570. The summed E-state index contributed by atoms with van der Waals surface area (Å²) in [6.45, 7) is 0. The van der Waals surface area contributed by atoms with Crippen LogP contribution in [0.2, 0.25) is 0 Å². The number of benzene rings is 5. The van der Waals surface area contributed by atoms with Crippen LogP contribution in [0.1, 0.15) is 0 Å². The normalized spacial score (nSPS) is 11.0. The number of hydrogen-bond donors (Lipinski definition) is 0. The number of nitrogens with zero attached hydrogens (tertiary/aromatic N) is 6. The van der Waals surface area contributed by atoms with Gasteiger partial charge in [-0.2, -0.15) is 0 Å². The predicted molar refractivity (Wildman–Crippen MR) is 217 cm³/mol. The fourth-order valence-corrected chi connectivity index (χ4v) is 6.57. The van der Waals surface area contributed by atoms with Crippen LogP contribution < -0.4 is 0 Å². The number of hydrogen-bond acceptors (Lipinski definition) is 6. The molecule has 0 aliphatic rings. The molecule has 0 unspecified atom stereocenters. The molecule has 9 rings (SSSR count). The van der Waals surface area contributed by atoms with Gasteiger partial charge in [-0.25, -0.2) is 19.9 Å². The van der Waals surface area contributed by atoms with Crippen molar-refractivity contribution in [2.24, 2.45) is 0 Å². The third-order valence-electron chi connectivity index (χ3n) is 9.27. The molecule has 5 aromatic carbocycles. The van der Waals surface area contributed by atoms with E-state index in [-0.39, 0.29) is 0 Å². The molecule has 0 aliphatic heterocycles. The first-order valence-corrected chi connectivity index (χ1v) is 17.8. The molecule has 6 nitrogen and oxygen atoms in total. The minimum Gasteiger partial charge on any atom is -0.255 e. The van der Waals surface area contributed by atoms with Crippen LogP contribution in [0.3, 0.4) is 0 Å². The molecule has 0 bridgehead atoms. The van der Waals surface area contributed by atoms with Gasteiger partial charge in [-0.3, -0.25) is 9.97 Å². The summed E-state index contributed by atoms with van der Waals surface area (Å²) >= 11 is 0. The fraction of sp³-hybridized carbons (Fsp3) is 0. The van der Waals surface area contributed by atoms with Crippen molar-refractivity contribution in [3.05, 3.63) is 194 Å². The lowest BCUT2D eigenvalue weighted by molar-refractivity contribution is 1.07. The van der Waals surface area contributed by atoms with E-state index >= 15 is 0 Å². The van der Waals surface area contributed by atoms with E-state index in [4.69, 9.17) is 24.9 Å². The number of pyridine rings is 3. The molecule has 0 atom stereocenters. The number of aromatic nitrogens is 6. The van der Waals surface area contributed by atoms with Crippen molar-refractivity contribution in [1.82, 2.24) is 29.9 Å². The minimum atomic E-state index is 0.622. The SMILES string of the molecule is c1ccc(-c2cc(-c3ccccn3)nc(-c3cc(-c4ccccc4-c4ccc(-c5nc(-c6ccccc6)nc(-c6ccccc6)n5)cc4)ccn3)c2)cc1. The first-order chi connectivity index (χ1) is 26.7. The molecule has 0 fully saturated rings. The Morgan fingerprint density at radius 3 is 1.26 bits per heavy atom. The van der Waals surface area contributed by atoms with Crippen LogP contribution in [0.15, 0.2) is 194 Å². The zero-order valence-corrected chi connectivity index (χ0v) is 29.2. The van der Waals surface area contributed by atoms with Crippen LogP contribution >= 0.6 is 0 Å². The van der Waals surface area contributed by atoms with Crippen molar-refractivity contribution in [2.45, 2.75) is 0 Å². The van der Waals surface area contributed by atoms with E-state index in [1.165, 1.54) is 0 Å². The summed E-state index contributed by atoms with van der Waals surface area (Å²) in [7, 11) is 0. The molecular formula is C48H32N6. The highest BCUT2D eigenvalue weighted by molar-refractivity contribution is 5.86. The third kappa shape index (κ3) is 6.79. The van der Waals surface area contributed by atoms with Gasteiger partial charge in [0.15, 0.2) is 17.5 Å². The maximum Gasteiger partial charge on any atom is 0.164 e. The Kier molecular flexibility index (Phi) is 8.81. The van der Waals surface area contributed by atoms with E-state index in [0.717, 1.165) is 72.8 Å². The summed E-state index contributed by atoms with van der Waals surface area (Å²) in [6.07, 6.45) is 3.65. The average molecular weight is 693 g/mol. The molecular weight excluding hydrogens is 661 g/mol. The summed E-state index contributed by atoms with van der Waals surface area (Å²) < 4.78 is 0. The maximum absolute atomic E-state index is 5.06. The topological polar surface area (TPSA) is 77.3 Å². The molecule has 4 aromatic heterocycles. The molecule has 0 aliphatic carbocycles. The number of rotatable bonds is 8. The summed E-state index contributed by atoms with van der Waals surface area (Å²) in [5.74, 6) is 1.90. The second-order valence-electron chi connectivity index (χ2n) is 12.8. The van der Waals surface area contributed by atoms with Crippen molar-refractivity contribution in [3.63, 3.8) is 0 Å².